The normalized spacial score (nSPS) is 12.4. The van der Waals surface area contributed by atoms with Crippen LogP contribution in [0.1, 0.15) is 213 Å². The predicted octanol–water partition coefficient (Wildman–Crippen LogP) is 9.71. The van der Waals surface area contributed by atoms with Gasteiger partial charge in [0.1, 0.15) is 12.1 Å². The van der Waals surface area contributed by atoms with Gasteiger partial charge in [-0.2, -0.15) is 0 Å². The molecule has 0 radical (unpaired) electrons. The highest BCUT2D eigenvalue weighted by molar-refractivity contribution is 5.87. The number of carboxylic acids is 1. The van der Waals surface area contributed by atoms with Crippen LogP contribution < -0.4 is 10.6 Å². The molecule has 50 heavy (non-hydrogen) atoms. The first kappa shape index (κ1) is 47.8. The maximum absolute atomic E-state index is 12.7. The van der Waals surface area contributed by atoms with Crippen LogP contribution in [-0.2, 0) is 23.9 Å². The fourth-order valence-electron chi connectivity index (χ4n) is 6.36. The van der Waals surface area contributed by atoms with Gasteiger partial charge >= 0.3 is 11.9 Å². The Labute approximate surface area is 306 Å². The molecule has 2 unspecified atom stereocenters. The van der Waals surface area contributed by atoms with Crippen LogP contribution in [0.4, 0.5) is 0 Å². The molecule has 0 aliphatic heterocycles. The molecule has 0 bridgehead atoms. The van der Waals surface area contributed by atoms with Crippen molar-refractivity contribution in [3.63, 3.8) is 0 Å². The second kappa shape index (κ2) is 36.6. The van der Waals surface area contributed by atoms with E-state index < -0.39 is 24.5 Å². The maximum atomic E-state index is 12.7. The summed E-state index contributed by atoms with van der Waals surface area (Å²) in [5.74, 6) is -2.28. The number of rotatable bonds is 38. The molecule has 2 atom stereocenters. The molecule has 0 fully saturated rings. The highest BCUT2D eigenvalue weighted by Gasteiger charge is 2.19. The Hall–Kier alpha value is -2.16. The van der Waals surface area contributed by atoms with E-state index in [-0.39, 0.29) is 24.5 Å². The van der Waals surface area contributed by atoms with Crippen molar-refractivity contribution in [3.8, 4) is 0 Å². The summed E-state index contributed by atoms with van der Waals surface area (Å²) < 4.78 is 5.99. The Morgan fingerprint density at radius 3 is 1.30 bits per heavy atom. The van der Waals surface area contributed by atoms with Crippen molar-refractivity contribution >= 4 is 23.8 Å². The minimum atomic E-state index is -1.38. The second-order valence-electron chi connectivity index (χ2n) is 14.4. The molecule has 0 aromatic rings. The van der Waals surface area contributed by atoms with Gasteiger partial charge in [-0.15, -0.1) is 0 Å². The monoisotopic (exact) mass is 711 g/mol. The standard InChI is InChI=1S/C41H78N2O7/c1-3-5-7-9-11-12-13-14-15-16-17-18-20-25-29-33-40(47)50-36(30-26-22-19-10-8-6-4-2)31-27-23-21-24-28-32-38(45)42-34-39(46)43-37(35-44)41(48)49/h36-37,44H,3-35H2,1-2H3,(H,42,45)(H,43,46)(H,48,49). The summed E-state index contributed by atoms with van der Waals surface area (Å²) in [5, 5.41) is 22.5. The molecule has 294 valence electrons. The Balaban J connectivity index is 4.12. The molecule has 0 heterocycles. The zero-order valence-electron chi connectivity index (χ0n) is 32.4. The lowest BCUT2D eigenvalue weighted by atomic mass is 10.0. The fraction of sp³-hybridized carbons (Fsp3) is 0.902. The molecular weight excluding hydrogens is 632 g/mol. The van der Waals surface area contributed by atoms with Crippen molar-refractivity contribution in [1.82, 2.24) is 10.6 Å². The van der Waals surface area contributed by atoms with Crippen LogP contribution in [0.15, 0.2) is 0 Å². The SMILES string of the molecule is CCCCCCCCCCCCCCCCCC(=O)OC(CCCCCCCCC)CCCCCCCC(=O)NCC(=O)NC(CO)C(=O)O. The van der Waals surface area contributed by atoms with E-state index in [4.69, 9.17) is 14.9 Å². The summed E-state index contributed by atoms with van der Waals surface area (Å²) >= 11 is 0. The van der Waals surface area contributed by atoms with Gasteiger partial charge in [0.2, 0.25) is 11.8 Å². The van der Waals surface area contributed by atoms with Crippen LogP contribution in [0.5, 0.6) is 0 Å². The average Bonchev–Trinajstić information content (AvgIpc) is 3.10. The van der Waals surface area contributed by atoms with Crippen molar-refractivity contribution < 1.29 is 34.1 Å². The molecule has 0 spiro atoms. The van der Waals surface area contributed by atoms with Crippen LogP contribution in [-0.4, -0.2) is 59.3 Å². The van der Waals surface area contributed by atoms with Crippen molar-refractivity contribution in [2.75, 3.05) is 13.2 Å². The van der Waals surface area contributed by atoms with Gasteiger partial charge in [0, 0.05) is 12.8 Å². The molecule has 9 nitrogen and oxygen atoms in total. The summed E-state index contributed by atoms with van der Waals surface area (Å²) in [6, 6.07) is -1.38. The minimum Gasteiger partial charge on any atom is -0.480 e. The van der Waals surface area contributed by atoms with Crippen LogP contribution in [0.3, 0.4) is 0 Å². The van der Waals surface area contributed by atoms with Crippen molar-refractivity contribution in [1.29, 1.82) is 0 Å². The highest BCUT2D eigenvalue weighted by Crippen LogP contribution is 2.19. The van der Waals surface area contributed by atoms with E-state index in [1.807, 2.05) is 0 Å². The molecule has 0 saturated heterocycles. The van der Waals surface area contributed by atoms with Gasteiger partial charge in [-0.3, -0.25) is 14.4 Å². The number of nitrogens with one attached hydrogen (secondary N) is 2. The molecule has 0 aliphatic rings. The molecule has 0 aliphatic carbocycles. The van der Waals surface area contributed by atoms with Crippen LogP contribution in [0.2, 0.25) is 0 Å². The zero-order valence-corrected chi connectivity index (χ0v) is 32.4. The number of amides is 2. The summed E-state index contributed by atoms with van der Waals surface area (Å²) in [6.07, 6.45) is 35.6. The summed E-state index contributed by atoms with van der Waals surface area (Å²) in [5.41, 5.74) is 0. The first-order valence-corrected chi connectivity index (χ1v) is 20.9. The molecule has 0 rings (SSSR count). The van der Waals surface area contributed by atoms with E-state index in [9.17, 15) is 19.2 Å². The van der Waals surface area contributed by atoms with E-state index in [2.05, 4.69) is 24.5 Å². The maximum Gasteiger partial charge on any atom is 0.328 e. The topological polar surface area (TPSA) is 142 Å². The Morgan fingerprint density at radius 1 is 0.520 bits per heavy atom. The largest absolute Gasteiger partial charge is 0.480 e. The zero-order chi connectivity index (χ0) is 36.9. The molecule has 9 heteroatoms. The summed E-state index contributed by atoms with van der Waals surface area (Å²) in [4.78, 5) is 47.4. The van der Waals surface area contributed by atoms with Crippen LogP contribution in [0, 0.1) is 0 Å². The smallest absolute Gasteiger partial charge is 0.328 e. The van der Waals surface area contributed by atoms with Gasteiger partial charge in [0.05, 0.1) is 13.2 Å². The summed E-state index contributed by atoms with van der Waals surface area (Å²) in [6.45, 7) is 3.48. The van der Waals surface area contributed by atoms with Gasteiger partial charge in [0.25, 0.3) is 0 Å². The van der Waals surface area contributed by atoms with Gasteiger partial charge in [-0.05, 0) is 38.5 Å². The molecule has 0 aromatic carbocycles. The fourth-order valence-corrected chi connectivity index (χ4v) is 6.36. The van der Waals surface area contributed by atoms with Crippen LogP contribution >= 0.6 is 0 Å². The number of carbonyl (C=O) groups excluding carboxylic acids is 3. The Morgan fingerprint density at radius 2 is 0.900 bits per heavy atom. The number of ether oxygens (including phenoxy) is 1. The van der Waals surface area contributed by atoms with Crippen molar-refractivity contribution in [3.05, 3.63) is 0 Å². The van der Waals surface area contributed by atoms with Crippen LogP contribution in [0.25, 0.3) is 0 Å². The van der Waals surface area contributed by atoms with E-state index in [1.54, 1.807) is 0 Å². The Bertz CT molecular complexity index is 823. The number of hydrogen-bond acceptors (Lipinski definition) is 6. The highest BCUT2D eigenvalue weighted by atomic mass is 16.5. The minimum absolute atomic E-state index is 0.00188. The predicted molar refractivity (Wildman–Crippen MR) is 204 cm³/mol. The number of unbranched alkanes of at least 4 members (excludes halogenated alkanes) is 24. The third kappa shape index (κ3) is 33.0. The first-order valence-electron chi connectivity index (χ1n) is 20.9. The summed E-state index contributed by atoms with van der Waals surface area (Å²) in [7, 11) is 0. The van der Waals surface area contributed by atoms with E-state index in [0.717, 1.165) is 57.8 Å². The molecular formula is C41H78N2O7. The lowest BCUT2D eigenvalue weighted by Crippen LogP contribution is -2.47. The van der Waals surface area contributed by atoms with E-state index in [0.29, 0.717) is 19.3 Å². The molecule has 4 N–H and O–H groups in total. The quantitative estimate of drug-likeness (QED) is 0.0369. The average molecular weight is 711 g/mol. The second-order valence-corrected chi connectivity index (χ2v) is 14.4. The van der Waals surface area contributed by atoms with Gasteiger partial charge in [-0.25, -0.2) is 4.79 Å². The van der Waals surface area contributed by atoms with Crippen molar-refractivity contribution in [2.45, 2.75) is 225 Å². The number of aliphatic carboxylic acids is 1. The molecule has 0 saturated carbocycles. The van der Waals surface area contributed by atoms with E-state index >= 15 is 0 Å². The first-order chi connectivity index (χ1) is 24.3. The molecule has 2 amide bonds. The number of carbonyl (C=O) groups is 4. The number of aliphatic hydroxyl groups is 1. The molecule has 0 aromatic heterocycles. The lowest BCUT2D eigenvalue weighted by molar-refractivity contribution is -0.150. The Kier molecular flexibility index (Phi) is 35.0. The number of hydrogen-bond donors (Lipinski definition) is 4. The number of esters is 1. The number of aliphatic hydroxyl groups excluding tert-OH is 1. The van der Waals surface area contributed by atoms with Gasteiger partial charge < -0.3 is 25.6 Å². The van der Waals surface area contributed by atoms with Gasteiger partial charge in [0.15, 0.2) is 0 Å². The van der Waals surface area contributed by atoms with Crippen molar-refractivity contribution in [2.24, 2.45) is 0 Å². The van der Waals surface area contributed by atoms with E-state index in [1.165, 1.54) is 122 Å². The number of carboxylic acid groups (broad SMARTS) is 1. The lowest BCUT2D eigenvalue weighted by Gasteiger charge is -2.18. The third-order valence-corrected chi connectivity index (χ3v) is 9.60. The van der Waals surface area contributed by atoms with Gasteiger partial charge in [-0.1, -0.05) is 162 Å². The third-order valence-electron chi connectivity index (χ3n) is 9.60.